The van der Waals surface area contributed by atoms with E-state index in [1.165, 1.54) is 120 Å². The van der Waals surface area contributed by atoms with Crippen molar-refractivity contribution in [2.75, 3.05) is 0 Å². The zero-order chi connectivity index (χ0) is 42.9. The van der Waals surface area contributed by atoms with E-state index in [9.17, 15) is 0 Å². The van der Waals surface area contributed by atoms with E-state index in [0.29, 0.717) is 0 Å². The summed E-state index contributed by atoms with van der Waals surface area (Å²) < 4.78 is 2.33. The fraction of sp³-hybridized carbons (Fsp3) is 0.0317. The Balaban J connectivity index is 1.10. The zero-order valence-corrected chi connectivity index (χ0v) is 36.0. The number of hydrogen-bond acceptors (Lipinski definition) is 1. The summed E-state index contributed by atoms with van der Waals surface area (Å²) >= 11 is 0. The van der Waals surface area contributed by atoms with E-state index in [0.717, 1.165) is 28.1 Å². The van der Waals surface area contributed by atoms with Crippen molar-refractivity contribution in [2.45, 2.75) is 13.8 Å². The van der Waals surface area contributed by atoms with Crippen molar-refractivity contribution in [3.63, 3.8) is 0 Å². The average Bonchev–Trinajstić information content (AvgIpc) is 4.02. The molecule has 302 valence electrons. The summed E-state index contributed by atoms with van der Waals surface area (Å²) in [5, 5.41) is 18.4. The molecule has 2 heteroatoms. The van der Waals surface area contributed by atoms with Gasteiger partial charge in [0.05, 0.1) is 11.0 Å². The first-order chi connectivity index (χ1) is 32.1. The van der Waals surface area contributed by atoms with Crippen LogP contribution in [-0.4, -0.2) is 9.55 Å². The highest BCUT2D eigenvalue weighted by atomic mass is 15.1. The van der Waals surface area contributed by atoms with Crippen LogP contribution in [0.5, 0.6) is 0 Å². The number of aryl methyl sites for hydroxylation is 2. The van der Waals surface area contributed by atoms with Crippen LogP contribution in [0.25, 0.3) is 137 Å². The first kappa shape index (κ1) is 36.2. The first-order valence-electron chi connectivity index (χ1n) is 22.6. The van der Waals surface area contributed by atoms with Gasteiger partial charge in [0.1, 0.15) is 5.82 Å². The maximum atomic E-state index is 5.17. The molecule has 0 unspecified atom stereocenters. The summed E-state index contributed by atoms with van der Waals surface area (Å²) in [6.45, 7) is 4.55. The molecule has 0 aliphatic heterocycles. The molecule has 0 atom stereocenters. The molecule has 65 heavy (non-hydrogen) atoms. The van der Waals surface area contributed by atoms with Gasteiger partial charge in [0.2, 0.25) is 0 Å². The second-order valence-corrected chi connectivity index (χ2v) is 17.8. The van der Waals surface area contributed by atoms with Crippen LogP contribution in [0.2, 0.25) is 0 Å². The van der Waals surface area contributed by atoms with Gasteiger partial charge in [-0.1, -0.05) is 176 Å². The molecule has 0 bridgehead atoms. The van der Waals surface area contributed by atoms with Gasteiger partial charge in [-0.05, 0) is 164 Å². The van der Waals surface area contributed by atoms with Gasteiger partial charge in [-0.15, -0.1) is 0 Å². The second kappa shape index (κ2) is 13.6. The molecular weight excluding hydrogens is 785 g/mol. The lowest BCUT2D eigenvalue weighted by molar-refractivity contribution is 1.09. The minimum absolute atomic E-state index is 0.948. The number of aromatic nitrogens is 2. The minimum Gasteiger partial charge on any atom is -0.292 e. The molecule has 0 fully saturated rings. The number of imidazole rings is 1. The molecule has 0 aliphatic rings. The third-order valence-electron chi connectivity index (χ3n) is 14.3. The monoisotopic (exact) mass is 824 g/mol. The molecule has 0 spiro atoms. The molecular formula is C63H40N2. The molecule has 13 aromatic carbocycles. The molecule has 0 radical (unpaired) electrons. The van der Waals surface area contributed by atoms with Gasteiger partial charge in [0, 0.05) is 11.3 Å². The number of benzene rings is 11. The topological polar surface area (TPSA) is 17.8 Å². The highest BCUT2D eigenvalue weighted by molar-refractivity contribution is 6.45. The molecule has 1 aromatic heterocycles. The smallest absolute Gasteiger partial charge is 0.145 e. The lowest BCUT2D eigenvalue weighted by atomic mass is 9.84. The van der Waals surface area contributed by atoms with Crippen molar-refractivity contribution in [3.8, 4) is 50.5 Å². The van der Waals surface area contributed by atoms with Gasteiger partial charge < -0.3 is 0 Å². The molecule has 14 aromatic rings. The van der Waals surface area contributed by atoms with Gasteiger partial charge >= 0.3 is 0 Å². The Labute approximate surface area is 375 Å². The molecule has 2 nitrogen and oxygen atoms in total. The number of rotatable bonds is 5. The highest BCUT2D eigenvalue weighted by Crippen LogP contribution is 2.55. The Bertz CT molecular complexity index is 4200. The number of nitrogens with zero attached hydrogens (tertiary/aromatic N) is 2. The Morgan fingerprint density at radius 2 is 0.831 bits per heavy atom. The molecule has 0 aliphatic carbocycles. The van der Waals surface area contributed by atoms with Crippen molar-refractivity contribution >= 4 is 86.4 Å². The predicted molar refractivity (Wildman–Crippen MR) is 277 cm³/mol. The summed E-state index contributed by atoms with van der Waals surface area (Å²) in [5.74, 6) is 0.948. The Hall–Kier alpha value is -8.33. The van der Waals surface area contributed by atoms with Crippen LogP contribution in [0, 0.1) is 13.8 Å². The first-order valence-corrected chi connectivity index (χ1v) is 22.6. The molecule has 0 saturated carbocycles. The van der Waals surface area contributed by atoms with Crippen molar-refractivity contribution in [1.82, 2.24) is 9.55 Å². The summed E-state index contributed by atoms with van der Waals surface area (Å²) in [6, 6.07) is 76.3. The van der Waals surface area contributed by atoms with Gasteiger partial charge in [0.25, 0.3) is 0 Å². The van der Waals surface area contributed by atoms with Gasteiger partial charge in [-0.3, -0.25) is 4.57 Å². The van der Waals surface area contributed by atoms with Crippen LogP contribution in [0.1, 0.15) is 11.1 Å². The molecule has 0 saturated heterocycles. The Kier molecular flexibility index (Phi) is 7.56. The van der Waals surface area contributed by atoms with E-state index in [1.54, 1.807) is 0 Å². The van der Waals surface area contributed by atoms with Crippen molar-refractivity contribution in [1.29, 1.82) is 0 Å². The van der Waals surface area contributed by atoms with Crippen LogP contribution in [0.15, 0.2) is 206 Å². The van der Waals surface area contributed by atoms with Crippen LogP contribution in [-0.2, 0) is 0 Å². The summed E-state index contributed by atoms with van der Waals surface area (Å²) in [4.78, 5) is 5.17. The van der Waals surface area contributed by atoms with E-state index in [4.69, 9.17) is 4.98 Å². The second-order valence-electron chi connectivity index (χ2n) is 17.8. The quantitative estimate of drug-likeness (QED) is 0.158. The predicted octanol–water partition coefficient (Wildman–Crippen LogP) is 17.3. The minimum atomic E-state index is 0.948. The summed E-state index contributed by atoms with van der Waals surface area (Å²) in [6.07, 6.45) is 0. The summed E-state index contributed by atoms with van der Waals surface area (Å²) in [7, 11) is 0. The van der Waals surface area contributed by atoms with Gasteiger partial charge in [-0.2, -0.15) is 0 Å². The number of para-hydroxylation sites is 2. The maximum absolute atomic E-state index is 5.17. The molecule has 0 amide bonds. The number of hydrogen-bond donors (Lipinski definition) is 0. The lowest BCUT2D eigenvalue weighted by Crippen LogP contribution is -2.00. The van der Waals surface area contributed by atoms with E-state index in [2.05, 4.69) is 225 Å². The van der Waals surface area contributed by atoms with Crippen LogP contribution in [0.4, 0.5) is 0 Å². The van der Waals surface area contributed by atoms with Gasteiger partial charge in [-0.25, -0.2) is 4.98 Å². The Morgan fingerprint density at radius 1 is 0.323 bits per heavy atom. The van der Waals surface area contributed by atoms with Crippen molar-refractivity contribution in [2.24, 2.45) is 0 Å². The van der Waals surface area contributed by atoms with Crippen LogP contribution >= 0.6 is 0 Å². The van der Waals surface area contributed by atoms with E-state index in [1.807, 2.05) is 0 Å². The Morgan fingerprint density at radius 3 is 1.54 bits per heavy atom. The van der Waals surface area contributed by atoms with Crippen molar-refractivity contribution < 1.29 is 0 Å². The SMILES string of the molecule is Cc1cc(-n2c(-c3ccccc3)nc3ccccc32)cc(C)c1-c1ccc2c3c(-c4ccccc4)c4c(cc5c6ccccc6c6cccc4c65)c(-c4ccccc4)c3c3cccc1c32. The van der Waals surface area contributed by atoms with E-state index in [-0.39, 0.29) is 0 Å². The van der Waals surface area contributed by atoms with Crippen molar-refractivity contribution in [3.05, 3.63) is 217 Å². The fourth-order valence-electron chi connectivity index (χ4n) is 11.8. The lowest BCUT2D eigenvalue weighted by Gasteiger charge is -2.19. The van der Waals surface area contributed by atoms with Crippen LogP contribution < -0.4 is 0 Å². The molecule has 1 heterocycles. The highest BCUT2D eigenvalue weighted by Gasteiger charge is 2.27. The molecule has 14 rings (SSSR count). The van der Waals surface area contributed by atoms with E-state index < -0.39 is 0 Å². The standard InChI is InChI=1S/C63H40N2/c1-37-34-42(65-54-31-15-14-30-53(54)64-63(65)41-22-10-5-11-23-41)35-38(2)55(37)47-32-33-50-58-46(47)27-17-29-49(58)61-56(39-18-6-3-7-19-39)52-36-51-44-25-13-12-24-43(44)45-26-16-28-48(59(45)51)60(52)57(62(50)61)40-20-8-4-9-21-40/h3-36H,1-2H3. The van der Waals surface area contributed by atoms with Gasteiger partial charge in [0.15, 0.2) is 0 Å². The normalized spacial score (nSPS) is 12.2. The third-order valence-corrected chi connectivity index (χ3v) is 14.3. The maximum Gasteiger partial charge on any atom is 0.145 e. The zero-order valence-electron chi connectivity index (χ0n) is 36.0. The average molecular weight is 825 g/mol. The summed E-state index contributed by atoms with van der Waals surface area (Å²) in [5.41, 5.74) is 14.4. The largest absolute Gasteiger partial charge is 0.292 e. The van der Waals surface area contributed by atoms with Crippen LogP contribution in [0.3, 0.4) is 0 Å². The fourth-order valence-corrected chi connectivity index (χ4v) is 11.8. The molecule has 0 N–H and O–H groups in total. The van der Waals surface area contributed by atoms with E-state index >= 15 is 0 Å². The number of fused-ring (bicyclic) bond motifs is 9. The third kappa shape index (κ3) is 5.02.